The monoisotopic (exact) mass is 536 g/mol. The van der Waals surface area contributed by atoms with Crippen LogP contribution in [0, 0.1) is 6.92 Å². The summed E-state index contributed by atoms with van der Waals surface area (Å²) in [5, 5.41) is 10.2. The molecule has 9 heteroatoms. The number of fused-ring (bicyclic) bond motifs is 1. The lowest BCUT2D eigenvalue weighted by Gasteiger charge is -2.15. The fourth-order valence-electron chi connectivity index (χ4n) is 3.46. The van der Waals surface area contributed by atoms with Gasteiger partial charge in [0.25, 0.3) is 0 Å². The summed E-state index contributed by atoms with van der Waals surface area (Å²) < 4.78 is 6.54. The molecule has 36 heavy (non-hydrogen) atoms. The summed E-state index contributed by atoms with van der Waals surface area (Å²) in [5.41, 5.74) is 3.82. The molecule has 0 spiro atoms. The number of hydrogen-bond acceptors (Lipinski definition) is 6. The van der Waals surface area contributed by atoms with Gasteiger partial charge in [-0.15, -0.1) is 11.8 Å². The molecule has 3 aromatic carbocycles. The van der Waals surface area contributed by atoms with Crippen LogP contribution in [0.4, 0.5) is 16.5 Å². The van der Waals surface area contributed by atoms with Gasteiger partial charge >= 0.3 is 0 Å². The lowest BCUT2D eigenvalue weighted by Crippen LogP contribution is -2.24. The van der Waals surface area contributed by atoms with Gasteiger partial charge in [0, 0.05) is 16.3 Å². The minimum absolute atomic E-state index is 0.0680. The van der Waals surface area contributed by atoms with Gasteiger partial charge in [0.2, 0.25) is 5.91 Å². The third kappa shape index (κ3) is 6.96. The van der Waals surface area contributed by atoms with Crippen molar-refractivity contribution in [3.63, 3.8) is 0 Å². The number of anilines is 3. The normalized spacial score (nSPS) is 11.6. The number of amides is 1. The maximum atomic E-state index is 13.0. The SMILES string of the molecule is CCOc1ccc2nc(NC(=O)C(CC)Sc3cccc(NC(=S)Nc4ccc(C)cc4)c3)sc2c1. The quantitative estimate of drug-likeness (QED) is 0.153. The predicted molar refractivity (Wildman–Crippen MR) is 157 cm³/mol. The fourth-order valence-corrected chi connectivity index (χ4v) is 5.61. The molecule has 0 aliphatic heterocycles. The molecule has 0 fully saturated rings. The molecule has 4 aromatic rings. The molecule has 186 valence electrons. The van der Waals surface area contributed by atoms with Crippen LogP contribution in [0.5, 0.6) is 5.75 Å². The number of thiocarbonyl (C=S) groups is 1. The molecule has 0 bridgehead atoms. The van der Waals surface area contributed by atoms with Crippen molar-refractivity contribution in [3.8, 4) is 5.75 Å². The van der Waals surface area contributed by atoms with Crippen molar-refractivity contribution in [1.29, 1.82) is 0 Å². The fraction of sp³-hybridized carbons (Fsp3) is 0.222. The third-order valence-electron chi connectivity index (χ3n) is 5.24. The lowest BCUT2D eigenvalue weighted by molar-refractivity contribution is -0.115. The summed E-state index contributed by atoms with van der Waals surface area (Å²) in [6.07, 6.45) is 0.681. The second kappa shape index (κ2) is 12.2. The molecule has 0 aliphatic rings. The summed E-state index contributed by atoms with van der Waals surface area (Å²) in [6.45, 7) is 6.61. The molecule has 6 nitrogen and oxygen atoms in total. The van der Waals surface area contributed by atoms with Crippen molar-refractivity contribution in [2.75, 3.05) is 22.6 Å². The van der Waals surface area contributed by atoms with E-state index >= 15 is 0 Å². The zero-order valence-corrected chi connectivity index (χ0v) is 22.8. The second-order valence-corrected chi connectivity index (χ2v) is 10.8. The van der Waals surface area contributed by atoms with Crippen LogP contribution in [0.3, 0.4) is 0 Å². The first-order chi connectivity index (χ1) is 17.4. The van der Waals surface area contributed by atoms with E-state index in [1.165, 1.54) is 28.7 Å². The summed E-state index contributed by atoms with van der Waals surface area (Å²) in [6, 6.07) is 21.7. The van der Waals surface area contributed by atoms with Crippen molar-refractivity contribution >= 4 is 73.1 Å². The highest BCUT2D eigenvalue weighted by molar-refractivity contribution is 8.00. The van der Waals surface area contributed by atoms with Crippen LogP contribution in [-0.4, -0.2) is 27.9 Å². The number of aryl methyl sites for hydroxylation is 1. The van der Waals surface area contributed by atoms with Gasteiger partial charge in [-0.05, 0) is 81.0 Å². The number of nitrogens with one attached hydrogen (secondary N) is 3. The first-order valence-electron chi connectivity index (χ1n) is 11.7. The van der Waals surface area contributed by atoms with E-state index in [1.54, 1.807) is 0 Å². The van der Waals surface area contributed by atoms with Gasteiger partial charge in [-0.3, -0.25) is 4.79 Å². The molecule has 0 saturated carbocycles. The minimum Gasteiger partial charge on any atom is -0.494 e. The number of hydrogen-bond donors (Lipinski definition) is 3. The van der Waals surface area contributed by atoms with E-state index in [2.05, 4.69) is 20.9 Å². The van der Waals surface area contributed by atoms with Crippen molar-refractivity contribution in [2.24, 2.45) is 0 Å². The van der Waals surface area contributed by atoms with Crippen LogP contribution in [-0.2, 0) is 4.79 Å². The van der Waals surface area contributed by atoms with E-state index in [0.29, 0.717) is 23.3 Å². The summed E-state index contributed by atoms with van der Waals surface area (Å²) in [5.74, 6) is 0.733. The number of carbonyl (C=O) groups excluding carboxylic acids is 1. The van der Waals surface area contributed by atoms with Gasteiger partial charge < -0.3 is 20.7 Å². The molecule has 4 rings (SSSR count). The van der Waals surface area contributed by atoms with E-state index in [9.17, 15) is 4.79 Å². The maximum absolute atomic E-state index is 13.0. The third-order valence-corrected chi connectivity index (χ3v) is 7.74. The van der Waals surface area contributed by atoms with Crippen LogP contribution < -0.4 is 20.7 Å². The number of carbonyl (C=O) groups is 1. The van der Waals surface area contributed by atoms with Crippen molar-refractivity contribution in [2.45, 2.75) is 37.3 Å². The van der Waals surface area contributed by atoms with Crippen LogP contribution in [0.25, 0.3) is 10.2 Å². The van der Waals surface area contributed by atoms with Crippen LogP contribution in [0.1, 0.15) is 25.8 Å². The molecule has 0 aliphatic carbocycles. The molecule has 1 heterocycles. The number of thioether (sulfide) groups is 1. The number of ether oxygens (including phenoxy) is 1. The highest BCUT2D eigenvalue weighted by Crippen LogP contribution is 2.32. The molecule has 1 atom stereocenters. The predicted octanol–water partition coefficient (Wildman–Crippen LogP) is 7.32. The largest absolute Gasteiger partial charge is 0.494 e. The highest BCUT2D eigenvalue weighted by atomic mass is 32.2. The summed E-state index contributed by atoms with van der Waals surface area (Å²) >= 11 is 8.43. The number of aromatic nitrogens is 1. The average molecular weight is 537 g/mol. The maximum Gasteiger partial charge on any atom is 0.239 e. The number of benzene rings is 3. The molecule has 1 unspecified atom stereocenters. The van der Waals surface area contributed by atoms with Crippen LogP contribution in [0.2, 0.25) is 0 Å². The number of thiazole rings is 1. The molecular weight excluding hydrogens is 509 g/mol. The van der Waals surface area contributed by atoms with E-state index < -0.39 is 0 Å². The molecule has 0 radical (unpaired) electrons. The van der Waals surface area contributed by atoms with E-state index in [1.807, 2.05) is 87.5 Å². The first kappa shape index (κ1) is 25.9. The standard InChI is InChI=1S/C27H28N4O2S3/c1-4-23(25(32)31-27-30-22-14-13-20(33-5-2)16-24(22)36-27)35-21-8-6-7-19(15-21)29-26(34)28-18-11-9-17(3)10-12-18/h6-16,23H,4-5H2,1-3H3,(H2,28,29,34)(H,30,31,32). The second-order valence-electron chi connectivity index (χ2n) is 8.06. The van der Waals surface area contributed by atoms with Crippen LogP contribution in [0.15, 0.2) is 71.6 Å². The zero-order chi connectivity index (χ0) is 25.5. The molecule has 3 N–H and O–H groups in total. The average Bonchev–Trinajstić information content (AvgIpc) is 3.25. The Hall–Kier alpha value is -3.14. The Kier molecular flexibility index (Phi) is 8.79. The van der Waals surface area contributed by atoms with Crippen molar-refractivity contribution < 1.29 is 9.53 Å². The van der Waals surface area contributed by atoms with Gasteiger partial charge in [0.1, 0.15) is 5.75 Å². The Morgan fingerprint density at radius 1 is 1.03 bits per heavy atom. The van der Waals surface area contributed by atoms with Crippen molar-refractivity contribution in [3.05, 3.63) is 72.3 Å². The van der Waals surface area contributed by atoms with Crippen LogP contribution >= 0.6 is 35.3 Å². The Balaban J connectivity index is 1.37. The smallest absolute Gasteiger partial charge is 0.239 e. The summed E-state index contributed by atoms with van der Waals surface area (Å²) in [7, 11) is 0. The van der Waals surface area contributed by atoms with Gasteiger partial charge in [-0.25, -0.2) is 4.98 Å². The molecule has 1 aromatic heterocycles. The highest BCUT2D eigenvalue weighted by Gasteiger charge is 2.20. The Labute approximate surface area is 224 Å². The van der Waals surface area contributed by atoms with E-state index in [4.69, 9.17) is 17.0 Å². The Morgan fingerprint density at radius 2 is 1.81 bits per heavy atom. The Bertz CT molecular complexity index is 1350. The van der Waals surface area contributed by atoms with E-state index in [-0.39, 0.29) is 11.2 Å². The molecular formula is C27H28N4O2S3. The molecule has 1 amide bonds. The summed E-state index contributed by atoms with van der Waals surface area (Å²) in [4.78, 5) is 18.6. The Morgan fingerprint density at radius 3 is 2.56 bits per heavy atom. The minimum atomic E-state index is -0.260. The topological polar surface area (TPSA) is 75.3 Å². The molecule has 0 saturated heterocycles. The zero-order valence-electron chi connectivity index (χ0n) is 20.3. The van der Waals surface area contributed by atoms with Gasteiger partial charge in [0.15, 0.2) is 10.2 Å². The van der Waals surface area contributed by atoms with Gasteiger partial charge in [0.05, 0.1) is 22.1 Å². The van der Waals surface area contributed by atoms with Crippen molar-refractivity contribution in [1.82, 2.24) is 4.98 Å². The number of nitrogens with zero attached hydrogens (tertiary/aromatic N) is 1. The number of rotatable bonds is 9. The first-order valence-corrected chi connectivity index (χ1v) is 13.8. The van der Waals surface area contributed by atoms with E-state index in [0.717, 1.165) is 32.2 Å². The van der Waals surface area contributed by atoms with Gasteiger partial charge in [-0.2, -0.15) is 0 Å². The lowest BCUT2D eigenvalue weighted by atomic mass is 10.2. The van der Waals surface area contributed by atoms with Gasteiger partial charge in [-0.1, -0.05) is 42.0 Å².